The van der Waals surface area contributed by atoms with Crippen molar-refractivity contribution in [1.29, 1.82) is 0 Å². The molecule has 1 rings (SSSR count). The highest BCUT2D eigenvalue weighted by atomic mass is 19.1. The highest BCUT2D eigenvalue weighted by molar-refractivity contribution is 5.23. The summed E-state index contributed by atoms with van der Waals surface area (Å²) in [6.07, 6.45) is 5.70. The van der Waals surface area contributed by atoms with Crippen LogP contribution >= 0.6 is 0 Å². The fourth-order valence-electron chi connectivity index (χ4n) is 1.83. The summed E-state index contributed by atoms with van der Waals surface area (Å²) in [6.45, 7) is 3.86. The van der Waals surface area contributed by atoms with Gasteiger partial charge in [0.1, 0.15) is 5.82 Å². The minimum Gasteiger partial charge on any atom is -0.328 e. The van der Waals surface area contributed by atoms with E-state index in [1.54, 1.807) is 6.07 Å². The predicted octanol–water partition coefficient (Wildman–Crippen LogP) is 3.58. The van der Waals surface area contributed by atoms with Crippen molar-refractivity contribution >= 4 is 0 Å². The molecule has 2 heteroatoms. The maximum absolute atomic E-state index is 13.0. The summed E-state index contributed by atoms with van der Waals surface area (Å²) < 4.78 is 13.0. The number of benzene rings is 1. The van der Waals surface area contributed by atoms with E-state index in [-0.39, 0.29) is 5.82 Å². The summed E-state index contributed by atoms with van der Waals surface area (Å²) in [5, 5.41) is 0. The number of nitrogens with two attached hydrogens (primary N) is 1. The van der Waals surface area contributed by atoms with Crippen molar-refractivity contribution in [3.8, 4) is 0 Å². The Kier molecular flexibility index (Phi) is 5.47. The Hall–Kier alpha value is -0.890. The van der Waals surface area contributed by atoms with Gasteiger partial charge in [0.2, 0.25) is 0 Å². The average molecular weight is 223 g/mol. The summed E-state index contributed by atoms with van der Waals surface area (Å²) in [5.74, 6) is -0.110. The second-order valence-electron chi connectivity index (χ2n) is 4.66. The lowest BCUT2D eigenvalue weighted by Gasteiger charge is -2.05. The van der Waals surface area contributed by atoms with Crippen molar-refractivity contribution < 1.29 is 4.39 Å². The van der Waals surface area contributed by atoms with E-state index in [4.69, 9.17) is 5.73 Å². The number of unbranched alkanes of at least 4 members (excludes halogenated alkanes) is 2. The summed E-state index contributed by atoms with van der Waals surface area (Å²) in [7, 11) is 0. The number of halogens is 1. The SMILES string of the molecule is Cc1cc(CCCCCC(C)N)ccc1F. The van der Waals surface area contributed by atoms with Crippen molar-refractivity contribution in [2.75, 3.05) is 0 Å². The summed E-state index contributed by atoms with van der Waals surface area (Å²) in [6, 6.07) is 5.70. The molecular weight excluding hydrogens is 201 g/mol. The first-order chi connectivity index (χ1) is 7.59. The van der Waals surface area contributed by atoms with Gasteiger partial charge in [-0.2, -0.15) is 0 Å². The van der Waals surface area contributed by atoms with Crippen molar-refractivity contribution in [2.45, 2.75) is 52.0 Å². The Balaban J connectivity index is 2.24. The summed E-state index contributed by atoms with van der Waals surface area (Å²) >= 11 is 0. The molecule has 0 amide bonds. The first kappa shape index (κ1) is 13.2. The zero-order valence-electron chi connectivity index (χ0n) is 10.3. The quantitative estimate of drug-likeness (QED) is 0.733. The Morgan fingerprint density at radius 2 is 2.00 bits per heavy atom. The van der Waals surface area contributed by atoms with Crippen LogP contribution in [0.25, 0.3) is 0 Å². The third-order valence-corrected chi connectivity index (χ3v) is 2.85. The van der Waals surface area contributed by atoms with Crippen molar-refractivity contribution in [1.82, 2.24) is 0 Å². The van der Waals surface area contributed by atoms with Crippen LogP contribution in [-0.4, -0.2) is 6.04 Å². The molecule has 0 fully saturated rings. The molecule has 1 aromatic rings. The first-order valence-electron chi connectivity index (χ1n) is 6.10. The topological polar surface area (TPSA) is 26.0 Å². The zero-order valence-corrected chi connectivity index (χ0v) is 10.3. The van der Waals surface area contributed by atoms with E-state index in [9.17, 15) is 4.39 Å². The maximum Gasteiger partial charge on any atom is 0.126 e. The number of rotatable bonds is 6. The molecule has 0 aromatic heterocycles. The molecule has 0 saturated carbocycles. The van der Waals surface area contributed by atoms with E-state index >= 15 is 0 Å². The van der Waals surface area contributed by atoms with Crippen LogP contribution in [0, 0.1) is 12.7 Å². The molecule has 1 unspecified atom stereocenters. The van der Waals surface area contributed by atoms with Gasteiger partial charge in [0.05, 0.1) is 0 Å². The van der Waals surface area contributed by atoms with Crippen LogP contribution in [0.15, 0.2) is 18.2 Å². The molecule has 0 aliphatic rings. The Morgan fingerprint density at radius 1 is 1.25 bits per heavy atom. The number of hydrogen-bond acceptors (Lipinski definition) is 1. The second-order valence-corrected chi connectivity index (χ2v) is 4.66. The Bertz CT molecular complexity index is 321. The maximum atomic E-state index is 13.0. The highest BCUT2D eigenvalue weighted by Gasteiger charge is 1.99. The van der Waals surface area contributed by atoms with Gasteiger partial charge in [-0.25, -0.2) is 4.39 Å². The third-order valence-electron chi connectivity index (χ3n) is 2.85. The van der Waals surface area contributed by atoms with Gasteiger partial charge in [-0.15, -0.1) is 0 Å². The molecule has 0 aliphatic carbocycles. The van der Waals surface area contributed by atoms with E-state index in [1.807, 2.05) is 26.0 Å². The van der Waals surface area contributed by atoms with Gasteiger partial charge < -0.3 is 5.73 Å². The van der Waals surface area contributed by atoms with Crippen molar-refractivity contribution in [2.24, 2.45) is 5.73 Å². The third kappa shape index (κ3) is 4.75. The smallest absolute Gasteiger partial charge is 0.126 e. The fourth-order valence-corrected chi connectivity index (χ4v) is 1.83. The van der Waals surface area contributed by atoms with Crippen LogP contribution in [0.1, 0.15) is 43.7 Å². The highest BCUT2D eigenvalue weighted by Crippen LogP contribution is 2.13. The van der Waals surface area contributed by atoms with Gasteiger partial charge >= 0.3 is 0 Å². The molecule has 1 aromatic carbocycles. The monoisotopic (exact) mass is 223 g/mol. The van der Waals surface area contributed by atoms with E-state index in [1.165, 1.54) is 18.4 Å². The number of aryl methyl sites for hydroxylation is 2. The van der Waals surface area contributed by atoms with E-state index in [0.717, 1.165) is 24.8 Å². The second kappa shape index (κ2) is 6.64. The van der Waals surface area contributed by atoms with E-state index < -0.39 is 0 Å². The molecule has 0 radical (unpaired) electrons. The van der Waals surface area contributed by atoms with Gasteiger partial charge in [0.15, 0.2) is 0 Å². The molecule has 0 spiro atoms. The van der Waals surface area contributed by atoms with Crippen LogP contribution in [0.2, 0.25) is 0 Å². The average Bonchev–Trinajstić information content (AvgIpc) is 2.22. The van der Waals surface area contributed by atoms with Crippen LogP contribution in [-0.2, 0) is 6.42 Å². The molecule has 0 heterocycles. The molecule has 90 valence electrons. The van der Waals surface area contributed by atoms with Crippen LogP contribution in [0.3, 0.4) is 0 Å². The van der Waals surface area contributed by atoms with Crippen molar-refractivity contribution in [3.05, 3.63) is 35.1 Å². The molecule has 1 nitrogen and oxygen atoms in total. The Labute approximate surface area is 97.9 Å². The number of hydrogen-bond donors (Lipinski definition) is 1. The van der Waals surface area contributed by atoms with Crippen LogP contribution in [0.4, 0.5) is 4.39 Å². The van der Waals surface area contributed by atoms with Gasteiger partial charge in [0, 0.05) is 6.04 Å². The predicted molar refractivity (Wildman–Crippen MR) is 67.0 cm³/mol. The molecule has 0 bridgehead atoms. The molecule has 0 saturated heterocycles. The fraction of sp³-hybridized carbons (Fsp3) is 0.571. The lowest BCUT2D eigenvalue weighted by molar-refractivity contribution is 0.578. The van der Waals surface area contributed by atoms with Gasteiger partial charge in [0.25, 0.3) is 0 Å². The van der Waals surface area contributed by atoms with Gasteiger partial charge in [-0.05, 0) is 50.3 Å². The van der Waals surface area contributed by atoms with Gasteiger partial charge in [-0.3, -0.25) is 0 Å². The lowest BCUT2D eigenvalue weighted by atomic mass is 10.0. The Morgan fingerprint density at radius 3 is 2.62 bits per heavy atom. The van der Waals surface area contributed by atoms with Gasteiger partial charge in [-0.1, -0.05) is 25.0 Å². The minimum absolute atomic E-state index is 0.110. The first-order valence-corrected chi connectivity index (χ1v) is 6.10. The standard InChI is InChI=1S/C14H22FN/c1-11-10-13(8-9-14(11)15)7-5-3-4-6-12(2)16/h8-10,12H,3-7,16H2,1-2H3. The molecule has 2 N–H and O–H groups in total. The minimum atomic E-state index is -0.110. The van der Waals surface area contributed by atoms with E-state index in [2.05, 4.69) is 0 Å². The molecule has 1 atom stereocenters. The van der Waals surface area contributed by atoms with Crippen molar-refractivity contribution in [3.63, 3.8) is 0 Å². The van der Waals surface area contributed by atoms with Crippen LogP contribution < -0.4 is 5.73 Å². The molecule has 0 aliphatic heterocycles. The van der Waals surface area contributed by atoms with E-state index in [0.29, 0.717) is 6.04 Å². The molecule has 16 heavy (non-hydrogen) atoms. The van der Waals surface area contributed by atoms with Crippen LogP contribution in [0.5, 0.6) is 0 Å². The largest absolute Gasteiger partial charge is 0.328 e. The normalized spacial score (nSPS) is 12.8. The summed E-state index contributed by atoms with van der Waals surface area (Å²) in [5.41, 5.74) is 7.66. The summed E-state index contributed by atoms with van der Waals surface area (Å²) in [4.78, 5) is 0. The zero-order chi connectivity index (χ0) is 12.0. The molecular formula is C14H22FN. The lowest BCUT2D eigenvalue weighted by Crippen LogP contribution is -2.13.